The van der Waals surface area contributed by atoms with Crippen LogP contribution in [0.4, 0.5) is 13.2 Å². The Morgan fingerprint density at radius 2 is 2.12 bits per heavy atom. The highest BCUT2D eigenvalue weighted by molar-refractivity contribution is 4.91. The summed E-state index contributed by atoms with van der Waals surface area (Å²) in [6.45, 7) is 3.76. The Bertz CT molecular complexity index is 347. The van der Waals surface area contributed by atoms with Gasteiger partial charge in [0.15, 0.2) is 0 Å². The van der Waals surface area contributed by atoms with E-state index in [9.17, 15) is 13.2 Å². The first-order chi connectivity index (χ1) is 7.83. The number of hydrogen-bond acceptors (Lipinski definition) is 4. The highest BCUT2D eigenvalue weighted by Gasteiger charge is 2.32. The van der Waals surface area contributed by atoms with E-state index < -0.39 is 18.6 Å². The molecule has 0 bridgehead atoms. The zero-order valence-electron chi connectivity index (χ0n) is 9.70. The molecule has 1 atom stereocenters. The number of rotatable bonds is 5. The first-order valence-electron chi connectivity index (χ1n) is 5.24. The van der Waals surface area contributed by atoms with E-state index in [0.717, 1.165) is 0 Å². The number of nitrogens with zero attached hydrogens (tertiary/aromatic N) is 3. The van der Waals surface area contributed by atoms with Crippen LogP contribution in [-0.4, -0.2) is 27.0 Å². The standard InChI is InChI=1S/C9H16F3N5/c1-6(2)17-8(14-5-15-17)3-7(16-13)4-9(10,11)12/h5-7,16H,3-4,13H2,1-2H3. The molecule has 1 aromatic rings. The molecule has 3 N–H and O–H groups in total. The second-order valence-corrected chi connectivity index (χ2v) is 4.10. The van der Waals surface area contributed by atoms with E-state index in [2.05, 4.69) is 15.5 Å². The highest BCUT2D eigenvalue weighted by atomic mass is 19.4. The Kier molecular flexibility index (Phi) is 4.47. The number of nitrogens with two attached hydrogens (primary N) is 1. The second-order valence-electron chi connectivity index (χ2n) is 4.10. The molecular weight excluding hydrogens is 235 g/mol. The zero-order valence-corrected chi connectivity index (χ0v) is 9.70. The minimum Gasteiger partial charge on any atom is -0.271 e. The summed E-state index contributed by atoms with van der Waals surface area (Å²) in [4.78, 5) is 3.94. The molecule has 0 spiro atoms. The van der Waals surface area contributed by atoms with Crippen molar-refractivity contribution < 1.29 is 13.2 Å². The van der Waals surface area contributed by atoms with Crippen molar-refractivity contribution in [3.8, 4) is 0 Å². The molecule has 8 heteroatoms. The van der Waals surface area contributed by atoms with E-state index in [1.807, 2.05) is 13.8 Å². The number of nitrogens with one attached hydrogen (secondary N) is 1. The molecule has 1 rings (SSSR count). The van der Waals surface area contributed by atoms with Crippen molar-refractivity contribution in [2.75, 3.05) is 0 Å². The van der Waals surface area contributed by atoms with Crippen LogP contribution in [0, 0.1) is 0 Å². The molecular formula is C9H16F3N5. The van der Waals surface area contributed by atoms with Crippen molar-refractivity contribution >= 4 is 0 Å². The monoisotopic (exact) mass is 251 g/mol. The summed E-state index contributed by atoms with van der Waals surface area (Å²) in [6.07, 6.45) is -3.82. The summed E-state index contributed by atoms with van der Waals surface area (Å²) >= 11 is 0. The normalized spacial score (nSPS) is 14.3. The average Bonchev–Trinajstić information content (AvgIpc) is 2.62. The Morgan fingerprint density at radius 1 is 1.47 bits per heavy atom. The van der Waals surface area contributed by atoms with Gasteiger partial charge in [-0.2, -0.15) is 18.3 Å². The fraction of sp³-hybridized carbons (Fsp3) is 0.778. The minimum absolute atomic E-state index is 0.0526. The first-order valence-corrected chi connectivity index (χ1v) is 5.24. The maximum atomic E-state index is 12.2. The molecule has 17 heavy (non-hydrogen) atoms. The third-order valence-corrected chi connectivity index (χ3v) is 2.28. The quantitative estimate of drug-likeness (QED) is 0.609. The number of hydrazine groups is 1. The summed E-state index contributed by atoms with van der Waals surface area (Å²) in [7, 11) is 0. The lowest BCUT2D eigenvalue weighted by Crippen LogP contribution is -2.40. The highest BCUT2D eigenvalue weighted by Crippen LogP contribution is 2.22. The smallest absolute Gasteiger partial charge is 0.271 e. The number of aromatic nitrogens is 3. The predicted molar refractivity (Wildman–Crippen MR) is 55.9 cm³/mol. The average molecular weight is 251 g/mol. The molecule has 5 nitrogen and oxygen atoms in total. The van der Waals surface area contributed by atoms with E-state index in [1.54, 1.807) is 4.68 Å². The Labute approximate surface area is 97.2 Å². The van der Waals surface area contributed by atoms with Crippen LogP contribution in [0.5, 0.6) is 0 Å². The third-order valence-electron chi connectivity index (χ3n) is 2.28. The molecule has 1 heterocycles. The fourth-order valence-electron chi connectivity index (χ4n) is 1.54. The molecule has 0 radical (unpaired) electrons. The van der Waals surface area contributed by atoms with Crippen molar-refractivity contribution in [3.05, 3.63) is 12.2 Å². The lowest BCUT2D eigenvalue weighted by Gasteiger charge is -2.18. The van der Waals surface area contributed by atoms with Crippen molar-refractivity contribution in [2.45, 2.75) is 44.9 Å². The van der Waals surface area contributed by atoms with Gasteiger partial charge in [0.2, 0.25) is 0 Å². The minimum atomic E-state index is -4.25. The largest absolute Gasteiger partial charge is 0.390 e. The van der Waals surface area contributed by atoms with Gasteiger partial charge in [-0.1, -0.05) is 0 Å². The van der Waals surface area contributed by atoms with E-state index in [-0.39, 0.29) is 12.5 Å². The van der Waals surface area contributed by atoms with E-state index in [1.165, 1.54) is 6.33 Å². The van der Waals surface area contributed by atoms with Crippen LogP contribution < -0.4 is 11.3 Å². The SMILES string of the molecule is CC(C)n1ncnc1CC(CC(F)(F)F)NN. The lowest BCUT2D eigenvalue weighted by atomic mass is 10.1. The van der Waals surface area contributed by atoms with Gasteiger partial charge in [0.25, 0.3) is 0 Å². The Hall–Kier alpha value is -1.15. The van der Waals surface area contributed by atoms with Gasteiger partial charge in [0.05, 0.1) is 6.42 Å². The maximum Gasteiger partial charge on any atom is 0.390 e. The second kappa shape index (κ2) is 5.46. The van der Waals surface area contributed by atoms with Crippen LogP contribution in [-0.2, 0) is 6.42 Å². The van der Waals surface area contributed by atoms with Gasteiger partial charge >= 0.3 is 6.18 Å². The van der Waals surface area contributed by atoms with E-state index in [4.69, 9.17) is 5.84 Å². The first kappa shape index (κ1) is 13.9. The molecule has 0 aliphatic heterocycles. The van der Waals surface area contributed by atoms with Gasteiger partial charge in [0.1, 0.15) is 12.2 Å². The van der Waals surface area contributed by atoms with Crippen LogP contribution in [0.15, 0.2) is 6.33 Å². The van der Waals surface area contributed by atoms with Crippen molar-refractivity contribution in [1.29, 1.82) is 0 Å². The summed E-state index contributed by atoms with van der Waals surface area (Å²) in [5.41, 5.74) is 2.16. The molecule has 0 aliphatic rings. The summed E-state index contributed by atoms with van der Waals surface area (Å²) in [5, 5.41) is 3.96. The van der Waals surface area contributed by atoms with Crippen molar-refractivity contribution in [1.82, 2.24) is 20.2 Å². The van der Waals surface area contributed by atoms with Gasteiger partial charge in [-0.3, -0.25) is 11.3 Å². The van der Waals surface area contributed by atoms with Crippen LogP contribution in [0.1, 0.15) is 32.1 Å². The lowest BCUT2D eigenvalue weighted by molar-refractivity contribution is -0.140. The number of alkyl halides is 3. The molecule has 0 fully saturated rings. The predicted octanol–water partition coefficient (Wildman–Crippen LogP) is 1.19. The number of halogens is 3. The van der Waals surface area contributed by atoms with Crippen LogP contribution in [0.2, 0.25) is 0 Å². The van der Waals surface area contributed by atoms with Crippen molar-refractivity contribution in [3.63, 3.8) is 0 Å². The summed E-state index contributed by atoms with van der Waals surface area (Å²) < 4.78 is 38.3. The molecule has 0 saturated carbocycles. The van der Waals surface area contributed by atoms with Gasteiger partial charge in [-0.05, 0) is 13.8 Å². The summed E-state index contributed by atoms with van der Waals surface area (Å²) in [6, 6.07) is -0.839. The molecule has 1 unspecified atom stereocenters. The van der Waals surface area contributed by atoms with Crippen molar-refractivity contribution in [2.24, 2.45) is 5.84 Å². The van der Waals surface area contributed by atoms with Gasteiger partial charge < -0.3 is 0 Å². The molecule has 98 valence electrons. The number of hydrogen-bond donors (Lipinski definition) is 2. The Balaban J connectivity index is 2.71. The zero-order chi connectivity index (χ0) is 13.1. The molecule has 0 aromatic carbocycles. The topological polar surface area (TPSA) is 68.8 Å². The fourth-order valence-corrected chi connectivity index (χ4v) is 1.54. The van der Waals surface area contributed by atoms with E-state index >= 15 is 0 Å². The van der Waals surface area contributed by atoms with Crippen LogP contribution in [0.3, 0.4) is 0 Å². The van der Waals surface area contributed by atoms with Gasteiger partial charge in [-0.15, -0.1) is 0 Å². The third kappa shape index (κ3) is 4.31. The van der Waals surface area contributed by atoms with Gasteiger partial charge in [0, 0.05) is 18.5 Å². The van der Waals surface area contributed by atoms with E-state index in [0.29, 0.717) is 5.82 Å². The molecule has 1 aromatic heterocycles. The Morgan fingerprint density at radius 3 is 2.59 bits per heavy atom. The summed E-state index contributed by atoms with van der Waals surface area (Å²) in [5.74, 6) is 5.61. The van der Waals surface area contributed by atoms with Crippen LogP contribution >= 0.6 is 0 Å². The molecule has 0 saturated heterocycles. The molecule has 0 amide bonds. The maximum absolute atomic E-state index is 12.2. The van der Waals surface area contributed by atoms with Gasteiger partial charge in [-0.25, -0.2) is 9.67 Å². The molecule has 0 aliphatic carbocycles. The van der Waals surface area contributed by atoms with Crippen LogP contribution in [0.25, 0.3) is 0 Å².